The maximum Gasteiger partial charge on any atom is 0.0455 e. The predicted octanol–water partition coefficient (Wildman–Crippen LogP) is 3.51. The highest BCUT2D eigenvalue weighted by atomic mass is 15.2. The van der Waals surface area contributed by atoms with Gasteiger partial charge in [0.05, 0.1) is 0 Å². The van der Waals surface area contributed by atoms with E-state index in [4.69, 9.17) is 5.73 Å². The number of nitrogens with zero attached hydrogens (tertiary/aromatic N) is 1. The van der Waals surface area contributed by atoms with Gasteiger partial charge in [-0.15, -0.1) is 0 Å². The normalized spacial score (nSPS) is 26.6. The molecule has 0 saturated heterocycles. The van der Waals surface area contributed by atoms with Crippen molar-refractivity contribution in [3.8, 4) is 0 Å². The summed E-state index contributed by atoms with van der Waals surface area (Å²) in [6, 6.07) is 10.3. The lowest BCUT2D eigenvalue weighted by Crippen LogP contribution is -2.45. The van der Waals surface area contributed by atoms with E-state index in [0.717, 1.165) is 12.0 Å². The van der Waals surface area contributed by atoms with Gasteiger partial charge in [-0.3, -0.25) is 4.90 Å². The molecule has 20 heavy (non-hydrogen) atoms. The number of rotatable bonds is 4. The van der Waals surface area contributed by atoms with Crippen molar-refractivity contribution in [3.63, 3.8) is 0 Å². The Morgan fingerprint density at radius 1 is 1.20 bits per heavy atom. The smallest absolute Gasteiger partial charge is 0.0455 e. The highest BCUT2D eigenvalue weighted by molar-refractivity contribution is 5.32. The molecule has 2 nitrogen and oxygen atoms in total. The molecule has 2 unspecified atom stereocenters. The fraction of sp³-hybridized carbons (Fsp3) is 0.667. The van der Waals surface area contributed by atoms with Gasteiger partial charge in [0.1, 0.15) is 0 Å². The summed E-state index contributed by atoms with van der Waals surface area (Å²) in [5, 5.41) is 0. The minimum Gasteiger partial charge on any atom is -0.323 e. The second-order valence-electron chi connectivity index (χ2n) is 7.01. The van der Waals surface area contributed by atoms with E-state index in [1.54, 1.807) is 0 Å². The van der Waals surface area contributed by atoms with Crippen LogP contribution in [0.5, 0.6) is 0 Å². The fourth-order valence-electron chi connectivity index (χ4n) is 3.73. The Morgan fingerprint density at radius 2 is 1.95 bits per heavy atom. The van der Waals surface area contributed by atoms with Gasteiger partial charge in [-0.25, -0.2) is 0 Å². The fourth-order valence-corrected chi connectivity index (χ4v) is 3.73. The summed E-state index contributed by atoms with van der Waals surface area (Å²) < 4.78 is 0. The Kier molecular flexibility index (Phi) is 4.13. The second-order valence-corrected chi connectivity index (χ2v) is 7.01. The molecular weight excluding hydrogens is 244 g/mol. The van der Waals surface area contributed by atoms with E-state index in [9.17, 15) is 0 Å². The van der Waals surface area contributed by atoms with Gasteiger partial charge in [0.2, 0.25) is 0 Å². The van der Waals surface area contributed by atoms with Crippen LogP contribution in [-0.2, 0) is 6.42 Å². The largest absolute Gasteiger partial charge is 0.323 e. The number of hydrogen-bond donors (Lipinski definition) is 1. The monoisotopic (exact) mass is 272 g/mol. The zero-order chi connectivity index (χ0) is 14.1. The van der Waals surface area contributed by atoms with Crippen LogP contribution < -0.4 is 5.73 Å². The van der Waals surface area contributed by atoms with Gasteiger partial charge in [0.15, 0.2) is 0 Å². The van der Waals surface area contributed by atoms with Crippen LogP contribution >= 0.6 is 0 Å². The number of aryl methyl sites for hydroxylation is 1. The lowest BCUT2D eigenvalue weighted by atomic mass is 9.95. The standard InChI is InChI=1S/C18H28N2/c1-13(2)12-20(15-10-11-15)17-9-5-7-14-6-3-4-8-16(14)18(17)19/h3-4,6,8,13,15,17-18H,5,7,9-12,19H2,1-2H3. The van der Waals surface area contributed by atoms with Gasteiger partial charge in [0.25, 0.3) is 0 Å². The molecule has 0 heterocycles. The summed E-state index contributed by atoms with van der Waals surface area (Å²) in [5.41, 5.74) is 9.56. The van der Waals surface area contributed by atoms with Crippen LogP contribution in [-0.4, -0.2) is 23.5 Å². The zero-order valence-corrected chi connectivity index (χ0v) is 12.9. The number of hydrogen-bond acceptors (Lipinski definition) is 2. The van der Waals surface area contributed by atoms with Gasteiger partial charge in [-0.2, -0.15) is 0 Å². The van der Waals surface area contributed by atoms with Crippen molar-refractivity contribution >= 4 is 0 Å². The molecule has 0 spiro atoms. The molecule has 110 valence electrons. The summed E-state index contributed by atoms with van der Waals surface area (Å²) >= 11 is 0. The SMILES string of the molecule is CC(C)CN(C1CC1)C1CCCc2ccccc2C1N. The molecule has 2 heteroatoms. The van der Waals surface area contributed by atoms with Crippen molar-refractivity contribution in [2.75, 3.05) is 6.54 Å². The second kappa shape index (κ2) is 5.87. The molecule has 1 saturated carbocycles. The topological polar surface area (TPSA) is 29.3 Å². The average molecular weight is 272 g/mol. The Morgan fingerprint density at radius 3 is 2.65 bits per heavy atom. The molecule has 0 bridgehead atoms. The third-order valence-corrected chi connectivity index (χ3v) is 4.79. The molecule has 2 aliphatic rings. The maximum atomic E-state index is 6.69. The molecule has 1 aromatic carbocycles. The lowest BCUT2D eigenvalue weighted by Gasteiger charge is -2.36. The Bertz CT molecular complexity index is 450. The van der Waals surface area contributed by atoms with Crippen molar-refractivity contribution in [2.24, 2.45) is 11.7 Å². The van der Waals surface area contributed by atoms with E-state index in [0.29, 0.717) is 6.04 Å². The molecule has 0 aliphatic heterocycles. The summed E-state index contributed by atoms with van der Waals surface area (Å²) in [7, 11) is 0. The van der Waals surface area contributed by atoms with E-state index in [1.165, 1.54) is 49.8 Å². The summed E-state index contributed by atoms with van der Waals surface area (Å²) in [6.07, 6.45) is 6.46. The maximum absolute atomic E-state index is 6.69. The van der Waals surface area contributed by atoms with Gasteiger partial charge in [0, 0.05) is 24.7 Å². The van der Waals surface area contributed by atoms with Crippen molar-refractivity contribution in [2.45, 2.75) is 64.1 Å². The predicted molar refractivity (Wildman–Crippen MR) is 84.7 cm³/mol. The zero-order valence-electron chi connectivity index (χ0n) is 12.9. The minimum absolute atomic E-state index is 0.188. The average Bonchev–Trinajstić information content (AvgIpc) is 3.25. The summed E-state index contributed by atoms with van der Waals surface area (Å²) in [4.78, 5) is 2.73. The molecule has 2 atom stereocenters. The van der Waals surface area contributed by atoms with Gasteiger partial charge >= 0.3 is 0 Å². The first-order chi connectivity index (χ1) is 9.66. The van der Waals surface area contributed by atoms with Crippen molar-refractivity contribution in [1.82, 2.24) is 4.90 Å². The third-order valence-electron chi connectivity index (χ3n) is 4.79. The van der Waals surface area contributed by atoms with Crippen LogP contribution in [0.4, 0.5) is 0 Å². The quantitative estimate of drug-likeness (QED) is 0.850. The Balaban J connectivity index is 1.85. The molecule has 1 aromatic rings. The first-order valence-corrected chi connectivity index (χ1v) is 8.26. The van der Waals surface area contributed by atoms with Crippen molar-refractivity contribution < 1.29 is 0 Å². The molecule has 2 N–H and O–H groups in total. The highest BCUT2D eigenvalue weighted by Crippen LogP contribution is 2.37. The van der Waals surface area contributed by atoms with Crippen LogP contribution in [0.15, 0.2) is 24.3 Å². The first-order valence-electron chi connectivity index (χ1n) is 8.26. The third kappa shape index (κ3) is 2.91. The Labute approximate surface area is 123 Å². The summed E-state index contributed by atoms with van der Waals surface area (Å²) in [6.45, 7) is 5.85. The van der Waals surface area contributed by atoms with Crippen molar-refractivity contribution in [1.29, 1.82) is 0 Å². The highest BCUT2D eigenvalue weighted by Gasteiger charge is 2.38. The molecule has 2 aliphatic carbocycles. The number of benzene rings is 1. The van der Waals surface area contributed by atoms with E-state index >= 15 is 0 Å². The first kappa shape index (κ1) is 14.1. The molecule has 3 rings (SSSR count). The van der Waals surface area contributed by atoms with E-state index < -0.39 is 0 Å². The minimum atomic E-state index is 0.188. The van der Waals surface area contributed by atoms with E-state index in [1.807, 2.05) is 0 Å². The molecule has 0 aromatic heterocycles. The van der Waals surface area contributed by atoms with E-state index in [-0.39, 0.29) is 6.04 Å². The Hall–Kier alpha value is -0.860. The van der Waals surface area contributed by atoms with Crippen LogP contribution in [0.2, 0.25) is 0 Å². The van der Waals surface area contributed by atoms with Gasteiger partial charge in [-0.1, -0.05) is 38.1 Å². The number of fused-ring (bicyclic) bond motifs is 1. The van der Waals surface area contributed by atoms with Gasteiger partial charge in [-0.05, 0) is 49.1 Å². The molecule has 0 amide bonds. The van der Waals surface area contributed by atoms with E-state index in [2.05, 4.69) is 43.0 Å². The van der Waals surface area contributed by atoms with Crippen LogP contribution in [0.25, 0.3) is 0 Å². The number of nitrogens with two attached hydrogens (primary N) is 1. The lowest BCUT2D eigenvalue weighted by molar-refractivity contribution is 0.136. The summed E-state index contributed by atoms with van der Waals surface area (Å²) in [5.74, 6) is 0.723. The van der Waals surface area contributed by atoms with Crippen LogP contribution in [0, 0.1) is 5.92 Å². The van der Waals surface area contributed by atoms with Gasteiger partial charge < -0.3 is 5.73 Å². The van der Waals surface area contributed by atoms with Crippen LogP contribution in [0.3, 0.4) is 0 Å². The molecule has 1 fully saturated rings. The van der Waals surface area contributed by atoms with Crippen LogP contribution in [0.1, 0.15) is 56.7 Å². The van der Waals surface area contributed by atoms with Crippen molar-refractivity contribution in [3.05, 3.63) is 35.4 Å². The molecular formula is C18H28N2. The molecule has 0 radical (unpaired) electrons.